The second-order valence-corrected chi connectivity index (χ2v) is 3.43. The van der Waals surface area contributed by atoms with Gasteiger partial charge in [-0.1, -0.05) is 0 Å². The maximum atomic E-state index is 5.52. The molecule has 0 saturated carbocycles. The molecule has 0 radical (unpaired) electrons. The lowest BCUT2D eigenvalue weighted by molar-refractivity contribution is 0.210. The van der Waals surface area contributed by atoms with Gasteiger partial charge in [-0.05, 0) is 31.7 Å². The van der Waals surface area contributed by atoms with E-state index in [1.165, 1.54) is 0 Å². The first kappa shape index (κ1) is 9.34. The number of aryl methyl sites for hydroxylation is 1. The topological polar surface area (TPSA) is 34.4 Å². The molecule has 1 atom stereocenters. The van der Waals surface area contributed by atoms with E-state index in [-0.39, 0.29) is 6.04 Å². The summed E-state index contributed by atoms with van der Waals surface area (Å²) in [5, 5.41) is 3.20. The van der Waals surface area contributed by atoms with Crippen LogP contribution in [0.2, 0.25) is 0 Å². The minimum atomic E-state index is 0.0625. The van der Waals surface area contributed by atoms with Crippen molar-refractivity contribution in [1.82, 2.24) is 5.32 Å². The summed E-state index contributed by atoms with van der Waals surface area (Å²) in [5.74, 6) is 1.92. The number of furan rings is 1. The molecule has 0 spiro atoms. The molecule has 0 bridgehead atoms. The monoisotopic (exact) mass is 193 g/mol. The van der Waals surface area contributed by atoms with Gasteiger partial charge in [-0.15, -0.1) is 0 Å². The summed E-state index contributed by atoms with van der Waals surface area (Å²) in [4.78, 5) is 0. The molecule has 0 amide bonds. The van der Waals surface area contributed by atoms with E-state index in [0.29, 0.717) is 0 Å². The molecule has 1 aromatic rings. The number of nitrogens with one attached hydrogen (secondary N) is 1. The Labute approximate surface area is 83.7 Å². The lowest BCUT2D eigenvalue weighted by Gasteiger charge is -2.15. The SMILES string of the molecule is CNC(C1=CCCO1)c1occc1C. The Hall–Kier alpha value is -1.22. The minimum absolute atomic E-state index is 0.0625. The van der Waals surface area contributed by atoms with Crippen molar-refractivity contribution in [2.75, 3.05) is 13.7 Å². The first-order valence-electron chi connectivity index (χ1n) is 4.87. The molecule has 0 aliphatic carbocycles. The third-order valence-electron chi connectivity index (χ3n) is 2.47. The van der Waals surface area contributed by atoms with Crippen LogP contribution in [0.3, 0.4) is 0 Å². The van der Waals surface area contributed by atoms with Crippen LogP contribution < -0.4 is 5.32 Å². The van der Waals surface area contributed by atoms with Crippen molar-refractivity contribution >= 4 is 0 Å². The summed E-state index contributed by atoms with van der Waals surface area (Å²) in [6, 6.07) is 2.03. The number of rotatable bonds is 3. The van der Waals surface area contributed by atoms with Crippen LogP contribution in [-0.4, -0.2) is 13.7 Å². The van der Waals surface area contributed by atoms with E-state index in [1.807, 2.05) is 20.0 Å². The van der Waals surface area contributed by atoms with Gasteiger partial charge in [-0.3, -0.25) is 0 Å². The highest BCUT2D eigenvalue weighted by atomic mass is 16.5. The molecular weight excluding hydrogens is 178 g/mol. The summed E-state index contributed by atoms with van der Waals surface area (Å²) in [6.07, 6.45) is 4.82. The third kappa shape index (κ3) is 1.55. The largest absolute Gasteiger partial charge is 0.496 e. The molecule has 1 N–H and O–H groups in total. The smallest absolute Gasteiger partial charge is 0.131 e. The van der Waals surface area contributed by atoms with Crippen LogP contribution in [0.15, 0.2) is 28.6 Å². The van der Waals surface area contributed by atoms with Crippen molar-refractivity contribution in [2.24, 2.45) is 0 Å². The Bertz CT molecular complexity index is 341. The van der Waals surface area contributed by atoms with Gasteiger partial charge in [0.15, 0.2) is 0 Å². The summed E-state index contributed by atoms with van der Waals surface area (Å²) in [6.45, 7) is 2.83. The Balaban J connectivity index is 2.25. The summed E-state index contributed by atoms with van der Waals surface area (Å²) in [5.41, 5.74) is 1.15. The lowest BCUT2D eigenvalue weighted by atomic mass is 10.1. The van der Waals surface area contributed by atoms with Gasteiger partial charge in [0.25, 0.3) is 0 Å². The van der Waals surface area contributed by atoms with Crippen molar-refractivity contribution in [3.8, 4) is 0 Å². The van der Waals surface area contributed by atoms with Crippen molar-refractivity contribution in [1.29, 1.82) is 0 Å². The average Bonchev–Trinajstić information content (AvgIpc) is 2.80. The molecule has 0 aromatic carbocycles. The van der Waals surface area contributed by atoms with Gasteiger partial charge >= 0.3 is 0 Å². The van der Waals surface area contributed by atoms with Gasteiger partial charge in [0.2, 0.25) is 0 Å². The second kappa shape index (κ2) is 3.88. The molecule has 2 rings (SSSR count). The maximum absolute atomic E-state index is 5.52. The fourth-order valence-corrected chi connectivity index (χ4v) is 1.72. The number of ether oxygens (including phenoxy) is 1. The van der Waals surface area contributed by atoms with Crippen LogP contribution in [0.4, 0.5) is 0 Å². The average molecular weight is 193 g/mol. The first-order valence-corrected chi connectivity index (χ1v) is 4.87. The summed E-state index contributed by atoms with van der Waals surface area (Å²) in [7, 11) is 1.91. The zero-order chi connectivity index (χ0) is 9.97. The number of likely N-dealkylation sites (N-methyl/N-ethyl adjacent to an activating group) is 1. The van der Waals surface area contributed by atoms with E-state index in [0.717, 1.165) is 30.1 Å². The number of hydrogen-bond acceptors (Lipinski definition) is 3. The van der Waals surface area contributed by atoms with E-state index in [9.17, 15) is 0 Å². The van der Waals surface area contributed by atoms with Crippen LogP contribution >= 0.6 is 0 Å². The zero-order valence-electron chi connectivity index (χ0n) is 8.54. The summed E-state index contributed by atoms with van der Waals surface area (Å²) < 4.78 is 11.0. The molecule has 1 aliphatic heterocycles. The van der Waals surface area contributed by atoms with Crippen LogP contribution in [0.1, 0.15) is 23.8 Å². The molecule has 1 aliphatic rings. The van der Waals surface area contributed by atoms with Crippen molar-refractivity contribution in [2.45, 2.75) is 19.4 Å². The van der Waals surface area contributed by atoms with Crippen LogP contribution in [0.25, 0.3) is 0 Å². The summed E-state index contributed by atoms with van der Waals surface area (Å²) >= 11 is 0. The van der Waals surface area contributed by atoms with E-state index in [2.05, 4.69) is 11.4 Å². The van der Waals surface area contributed by atoms with Crippen molar-refractivity contribution in [3.63, 3.8) is 0 Å². The second-order valence-electron chi connectivity index (χ2n) is 3.43. The normalized spacial score (nSPS) is 17.7. The van der Waals surface area contributed by atoms with E-state index >= 15 is 0 Å². The van der Waals surface area contributed by atoms with E-state index < -0.39 is 0 Å². The standard InChI is InChI=1S/C11H15NO2/c1-8-5-7-14-11(8)10(12-2)9-4-3-6-13-9/h4-5,7,10,12H,3,6H2,1-2H3. The maximum Gasteiger partial charge on any atom is 0.131 e. The zero-order valence-corrected chi connectivity index (χ0v) is 8.54. The van der Waals surface area contributed by atoms with Gasteiger partial charge in [0.1, 0.15) is 17.6 Å². The highest BCUT2D eigenvalue weighted by Crippen LogP contribution is 2.28. The first-order chi connectivity index (χ1) is 6.83. The fourth-order valence-electron chi connectivity index (χ4n) is 1.72. The molecular formula is C11H15NO2. The Morgan fingerprint density at radius 1 is 1.50 bits per heavy atom. The van der Waals surface area contributed by atoms with Gasteiger partial charge in [0.05, 0.1) is 12.9 Å². The fraction of sp³-hybridized carbons (Fsp3) is 0.455. The van der Waals surface area contributed by atoms with Gasteiger partial charge in [-0.2, -0.15) is 0 Å². The van der Waals surface area contributed by atoms with E-state index in [4.69, 9.17) is 9.15 Å². The van der Waals surface area contributed by atoms with Gasteiger partial charge in [0, 0.05) is 6.42 Å². The number of hydrogen-bond donors (Lipinski definition) is 1. The molecule has 2 heterocycles. The molecule has 76 valence electrons. The minimum Gasteiger partial charge on any atom is -0.496 e. The Kier molecular flexibility index (Phi) is 2.59. The molecule has 1 unspecified atom stereocenters. The van der Waals surface area contributed by atoms with Gasteiger partial charge in [-0.25, -0.2) is 0 Å². The Morgan fingerprint density at radius 2 is 2.36 bits per heavy atom. The van der Waals surface area contributed by atoms with Crippen LogP contribution in [-0.2, 0) is 4.74 Å². The third-order valence-corrected chi connectivity index (χ3v) is 2.47. The highest BCUT2D eigenvalue weighted by molar-refractivity contribution is 5.25. The van der Waals surface area contributed by atoms with Crippen molar-refractivity contribution < 1.29 is 9.15 Å². The Morgan fingerprint density at radius 3 is 2.86 bits per heavy atom. The predicted octanol–water partition coefficient (Wildman–Crippen LogP) is 2.15. The quantitative estimate of drug-likeness (QED) is 0.798. The predicted molar refractivity (Wildman–Crippen MR) is 53.9 cm³/mol. The van der Waals surface area contributed by atoms with E-state index in [1.54, 1.807) is 6.26 Å². The highest BCUT2D eigenvalue weighted by Gasteiger charge is 2.23. The molecule has 3 nitrogen and oxygen atoms in total. The van der Waals surface area contributed by atoms with Crippen LogP contribution in [0.5, 0.6) is 0 Å². The van der Waals surface area contributed by atoms with Crippen molar-refractivity contribution in [3.05, 3.63) is 35.5 Å². The van der Waals surface area contributed by atoms with Gasteiger partial charge < -0.3 is 14.5 Å². The lowest BCUT2D eigenvalue weighted by Crippen LogP contribution is -2.19. The molecule has 1 aromatic heterocycles. The molecule has 14 heavy (non-hydrogen) atoms. The molecule has 0 fully saturated rings. The molecule has 3 heteroatoms. The molecule has 0 saturated heterocycles. The van der Waals surface area contributed by atoms with Crippen LogP contribution in [0, 0.1) is 6.92 Å².